The minimum Gasteiger partial charge on any atom is -0.432 e. The highest BCUT2D eigenvalue weighted by molar-refractivity contribution is 5.77. The molecule has 0 radical (unpaired) electrons. The van der Waals surface area contributed by atoms with E-state index in [1.54, 1.807) is 0 Å². The fraction of sp³-hybridized carbons (Fsp3) is 0.154. The highest BCUT2D eigenvalue weighted by atomic mass is 16.6. The fourth-order valence-electron chi connectivity index (χ4n) is 1.22. The van der Waals surface area contributed by atoms with Crippen LogP contribution in [0.3, 0.4) is 0 Å². The van der Waals surface area contributed by atoms with Crippen molar-refractivity contribution >= 4 is 5.97 Å². The lowest BCUT2D eigenvalue weighted by Crippen LogP contribution is -2.15. The van der Waals surface area contributed by atoms with Gasteiger partial charge in [-0.25, -0.2) is 4.79 Å². The van der Waals surface area contributed by atoms with Crippen molar-refractivity contribution in [1.82, 2.24) is 0 Å². The van der Waals surface area contributed by atoms with Gasteiger partial charge in [-0.15, -0.1) is 0 Å². The summed E-state index contributed by atoms with van der Waals surface area (Å²) in [7, 11) is 1.47. The van der Waals surface area contributed by atoms with E-state index in [1.165, 1.54) is 25.5 Å². The largest absolute Gasteiger partial charge is 0.432 e. The zero-order chi connectivity index (χ0) is 11.8. The summed E-state index contributed by atoms with van der Waals surface area (Å²) in [6.07, 6.45) is 3.65. The van der Waals surface area contributed by atoms with Gasteiger partial charge in [-0.2, -0.15) is 0 Å². The van der Waals surface area contributed by atoms with Gasteiger partial charge in [0.2, 0.25) is 0 Å². The van der Waals surface area contributed by atoms with E-state index in [-0.39, 0.29) is 0 Å². The third-order valence-corrected chi connectivity index (χ3v) is 1.95. The minimum absolute atomic E-state index is 0.452. The van der Waals surface area contributed by atoms with Crippen LogP contribution in [0.15, 0.2) is 55.3 Å². The molecule has 1 aromatic rings. The Morgan fingerprint density at radius 1 is 1.38 bits per heavy atom. The van der Waals surface area contributed by atoms with Gasteiger partial charge in [0.05, 0.1) is 6.26 Å². The second kappa shape index (κ2) is 6.58. The lowest BCUT2D eigenvalue weighted by Gasteiger charge is -2.12. The van der Waals surface area contributed by atoms with Gasteiger partial charge in [0, 0.05) is 7.11 Å². The van der Waals surface area contributed by atoms with Gasteiger partial charge in [-0.1, -0.05) is 43.0 Å². The highest BCUT2D eigenvalue weighted by Crippen LogP contribution is 2.17. The van der Waals surface area contributed by atoms with E-state index in [1.807, 2.05) is 30.3 Å². The highest BCUT2D eigenvalue weighted by Gasteiger charge is 2.20. The SMILES string of the molecule is C=C/C=C/OC(=O)[C@H](OC)c1ccccc1. The molecule has 0 bridgehead atoms. The van der Waals surface area contributed by atoms with Crippen molar-refractivity contribution in [2.24, 2.45) is 0 Å². The summed E-state index contributed by atoms with van der Waals surface area (Å²) in [5.41, 5.74) is 0.766. The fourth-order valence-corrected chi connectivity index (χ4v) is 1.22. The Hall–Kier alpha value is -1.87. The molecule has 0 heterocycles. The van der Waals surface area contributed by atoms with Gasteiger partial charge >= 0.3 is 5.97 Å². The number of hydrogen-bond donors (Lipinski definition) is 0. The van der Waals surface area contributed by atoms with Gasteiger partial charge in [-0.3, -0.25) is 0 Å². The lowest BCUT2D eigenvalue weighted by atomic mass is 10.1. The van der Waals surface area contributed by atoms with Gasteiger partial charge in [-0.05, 0) is 11.6 Å². The van der Waals surface area contributed by atoms with Gasteiger partial charge in [0.15, 0.2) is 6.10 Å². The number of rotatable bonds is 5. The molecular weight excluding hydrogens is 204 g/mol. The van der Waals surface area contributed by atoms with Crippen molar-refractivity contribution < 1.29 is 14.3 Å². The van der Waals surface area contributed by atoms with Crippen LogP contribution in [-0.2, 0) is 14.3 Å². The molecule has 3 heteroatoms. The molecule has 0 aliphatic carbocycles. The van der Waals surface area contributed by atoms with E-state index in [2.05, 4.69) is 6.58 Å². The Labute approximate surface area is 95.0 Å². The number of ether oxygens (including phenoxy) is 2. The van der Waals surface area contributed by atoms with Crippen LogP contribution in [-0.4, -0.2) is 13.1 Å². The van der Waals surface area contributed by atoms with Crippen LogP contribution in [0.25, 0.3) is 0 Å². The molecule has 1 aromatic carbocycles. The number of carbonyl (C=O) groups excluding carboxylic acids is 1. The molecule has 3 nitrogen and oxygen atoms in total. The molecule has 0 fully saturated rings. The van der Waals surface area contributed by atoms with E-state index in [0.29, 0.717) is 0 Å². The Bertz CT molecular complexity index is 368. The maximum absolute atomic E-state index is 11.6. The summed E-state index contributed by atoms with van der Waals surface area (Å²) in [6.45, 7) is 3.47. The quantitative estimate of drug-likeness (QED) is 0.433. The summed E-state index contributed by atoms with van der Waals surface area (Å²) in [6, 6.07) is 9.18. The van der Waals surface area contributed by atoms with E-state index in [0.717, 1.165) is 5.56 Å². The van der Waals surface area contributed by atoms with E-state index < -0.39 is 12.1 Å². The van der Waals surface area contributed by atoms with Crippen molar-refractivity contribution in [3.05, 3.63) is 60.9 Å². The van der Waals surface area contributed by atoms with Gasteiger partial charge in [0.1, 0.15) is 0 Å². The normalized spacial score (nSPS) is 12.3. The topological polar surface area (TPSA) is 35.5 Å². The number of esters is 1. The van der Waals surface area contributed by atoms with E-state index in [9.17, 15) is 4.79 Å². The van der Waals surface area contributed by atoms with Crippen LogP contribution >= 0.6 is 0 Å². The third-order valence-electron chi connectivity index (χ3n) is 1.95. The molecule has 0 aliphatic heterocycles. The van der Waals surface area contributed by atoms with Crippen LogP contribution in [0, 0.1) is 0 Å². The molecular formula is C13H14O3. The van der Waals surface area contributed by atoms with Crippen LogP contribution in [0.1, 0.15) is 11.7 Å². The molecule has 0 aliphatic rings. The number of methoxy groups -OCH3 is 1. The second-order valence-electron chi connectivity index (χ2n) is 3.03. The standard InChI is InChI=1S/C13H14O3/c1-3-4-10-16-13(14)12(15-2)11-8-6-5-7-9-11/h3-10,12H,1H2,2H3/b10-4+/t12-/m1/s1. The summed E-state index contributed by atoms with van der Waals surface area (Å²) in [4.78, 5) is 11.6. The Balaban J connectivity index is 2.71. The first-order valence-corrected chi connectivity index (χ1v) is 4.85. The predicted molar refractivity (Wildman–Crippen MR) is 61.6 cm³/mol. The predicted octanol–water partition coefficient (Wildman–Crippen LogP) is 2.62. The molecule has 0 amide bonds. The molecule has 1 rings (SSSR count). The maximum atomic E-state index is 11.6. The minimum atomic E-state index is -0.698. The lowest BCUT2D eigenvalue weighted by molar-refractivity contribution is -0.149. The molecule has 0 saturated carbocycles. The number of carbonyl (C=O) groups is 1. The van der Waals surface area contributed by atoms with Crippen LogP contribution in [0.2, 0.25) is 0 Å². The van der Waals surface area contributed by atoms with Crippen molar-refractivity contribution in [1.29, 1.82) is 0 Å². The zero-order valence-electron chi connectivity index (χ0n) is 9.13. The first kappa shape index (κ1) is 12.2. The van der Waals surface area contributed by atoms with Crippen molar-refractivity contribution in [3.8, 4) is 0 Å². The average Bonchev–Trinajstić information content (AvgIpc) is 2.32. The Morgan fingerprint density at radius 2 is 2.06 bits per heavy atom. The molecule has 0 aromatic heterocycles. The van der Waals surface area contributed by atoms with Crippen molar-refractivity contribution in [2.45, 2.75) is 6.10 Å². The monoisotopic (exact) mass is 218 g/mol. The molecule has 0 N–H and O–H groups in total. The average molecular weight is 218 g/mol. The second-order valence-corrected chi connectivity index (χ2v) is 3.03. The first-order valence-electron chi connectivity index (χ1n) is 4.85. The van der Waals surface area contributed by atoms with Crippen molar-refractivity contribution in [3.63, 3.8) is 0 Å². The third kappa shape index (κ3) is 3.37. The van der Waals surface area contributed by atoms with E-state index >= 15 is 0 Å². The number of hydrogen-bond acceptors (Lipinski definition) is 3. The smallest absolute Gasteiger partial charge is 0.344 e. The molecule has 0 unspecified atom stereocenters. The summed E-state index contributed by atoms with van der Waals surface area (Å²) >= 11 is 0. The molecule has 1 atom stereocenters. The zero-order valence-corrected chi connectivity index (χ0v) is 9.13. The maximum Gasteiger partial charge on any atom is 0.344 e. The summed E-state index contributed by atoms with van der Waals surface area (Å²) in [5, 5.41) is 0. The summed E-state index contributed by atoms with van der Waals surface area (Å²) < 4.78 is 9.97. The Kier molecular flexibility index (Phi) is 5.02. The first-order chi connectivity index (χ1) is 7.79. The van der Waals surface area contributed by atoms with Crippen LogP contribution < -0.4 is 0 Å². The number of benzene rings is 1. The van der Waals surface area contributed by atoms with Crippen LogP contribution in [0.5, 0.6) is 0 Å². The summed E-state index contributed by atoms with van der Waals surface area (Å²) in [5.74, 6) is -0.452. The van der Waals surface area contributed by atoms with E-state index in [4.69, 9.17) is 9.47 Å². The van der Waals surface area contributed by atoms with Gasteiger partial charge in [0.25, 0.3) is 0 Å². The number of allylic oxidation sites excluding steroid dienone is 2. The van der Waals surface area contributed by atoms with Crippen molar-refractivity contribution in [2.75, 3.05) is 7.11 Å². The molecule has 0 spiro atoms. The van der Waals surface area contributed by atoms with Gasteiger partial charge < -0.3 is 9.47 Å². The van der Waals surface area contributed by atoms with Crippen LogP contribution in [0.4, 0.5) is 0 Å². The molecule has 0 saturated heterocycles. The Morgan fingerprint density at radius 3 is 2.62 bits per heavy atom. The molecule has 16 heavy (non-hydrogen) atoms. The molecule has 84 valence electrons.